The lowest BCUT2D eigenvalue weighted by atomic mass is 10.1. The first-order chi connectivity index (χ1) is 7.34. The van der Waals surface area contributed by atoms with Crippen molar-refractivity contribution in [2.75, 3.05) is 53.0 Å². The fourth-order valence-corrected chi connectivity index (χ4v) is 2.19. The molecule has 88 valence electrons. The summed E-state index contributed by atoms with van der Waals surface area (Å²) in [5.74, 6) is 0.714. The Morgan fingerprint density at radius 1 is 1.47 bits per heavy atom. The van der Waals surface area contributed by atoms with Crippen LogP contribution >= 0.6 is 0 Å². The summed E-state index contributed by atoms with van der Waals surface area (Å²) in [5.41, 5.74) is 0. The van der Waals surface area contributed by atoms with Crippen LogP contribution in [0.25, 0.3) is 0 Å². The number of nitrogens with zero attached hydrogens (tertiary/aromatic N) is 1. The molecule has 2 saturated heterocycles. The molecular weight excluding hydrogens is 192 g/mol. The van der Waals surface area contributed by atoms with Gasteiger partial charge in [0.25, 0.3) is 0 Å². The molecule has 0 aromatic heterocycles. The van der Waals surface area contributed by atoms with Gasteiger partial charge in [0.05, 0.1) is 25.9 Å². The first-order valence-corrected chi connectivity index (χ1v) is 5.93. The molecule has 0 aliphatic carbocycles. The van der Waals surface area contributed by atoms with Gasteiger partial charge in [0.1, 0.15) is 0 Å². The lowest BCUT2D eigenvalue weighted by molar-refractivity contribution is -0.0669. The molecule has 0 spiro atoms. The van der Waals surface area contributed by atoms with Crippen molar-refractivity contribution in [3.8, 4) is 0 Å². The SMILES string of the molecule is CN1CCOC(COCC2CCNC2)C1. The number of hydrogen-bond acceptors (Lipinski definition) is 4. The third-order valence-corrected chi connectivity index (χ3v) is 3.16. The Bertz CT molecular complexity index is 183. The van der Waals surface area contributed by atoms with Gasteiger partial charge < -0.3 is 19.7 Å². The molecule has 2 fully saturated rings. The zero-order chi connectivity index (χ0) is 10.5. The molecule has 0 aromatic carbocycles. The van der Waals surface area contributed by atoms with Gasteiger partial charge in [-0.05, 0) is 25.9 Å². The highest BCUT2D eigenvalue weighted by molar-refractivity contribution is 4.72. The fraction of sp³-hybridized carbons (Fsp3) is 1.00. The van der Waals surface area contributed by atoms with Crippen LogP contribution in [-0.2, 0) is 9.47 Å². The molecule has 0 radical (unpaired) electrons. The summed E-state index contributed by atoms with van der Waals surface area (Å²) >= 11 is 0. The maximum atomic E-state index is 5.71. The Morgan fingerprint density at radius 2 is 2.40 bits per heavy atom. The van der Waals surface area contributed by atoms with Crippen LogP contribution in [0.2, 0.25) is 0 Å². The molecule has 2 heterocycles. The monoisotopic (exact) mass is 214 g/mol. The van der Waals surface area contributed by atoms with Gasteiger partial charge in [-0.25, -0.2) is 0 Å². The normalized spacial score (nSPS) is 33.4. The predicted octanol–water partition coefficient (Wildman–Crippen LogP) is -0.0569. The lowest BCUT2D eigenvalue weighted by Gasteiger charge is -2.30. The third-order valence-electron chi connectivity index (χ3n) is 3.16. The third kappa shape index (κ3) is 3.72. The summed E-state index contributed by atoms with van der Waals surface area (Å²) in [6, 6.07) is 0. The van der Waals surface area contributed by atoms with Gasteiger partial charge >= 0.3 is 0 Å². The summed E-state index contributed by atoms with van der Waals surface area (Å²) in [7, 11) is 2.14. The molecule has 2 aliphatic rings. The van der Waals surface area contributed by atoms with E-state index < -0.39 is 0 Å². The first kappa shape index (κ1) is 11.3. The Morgan fingerprint density at radius 3 is 3.13 bits per heavy atom. The average Bonchev–Trinajstić information content (AvgIpc) is 2.71. The molecule has 2 rings (SSSR count). The van der Waals surface area contributed by atoms with E-state index in [1.165, 1.54) is 6.42 Å². The van der Waals surface area contributed by atoms with Crippen LogP contribution in [0.3, 0.4) is 0 Å². The van der Waals surface area contributed by atoms with Gasteiger partial charge in [-0.2, -0.15) is 0 Å². The molecular formula is C11H22N2O2. The van der Waals surface area contributed by atoms with Crippen molar-refractivity contribution in [1.29, 1.82) is 0 Å². The smallest absolute Gasteiger partial charge is 0.0935 e. The summed E-state index contributed by atoms with van der Waals surface area (Å²) in [5, 5.41) is 3.35. The van der Waals surface area contributed by atoms with E-state index in [1.54, 1.807) is 0 Å². The summed E-state index contributed by atoms with van der Waals surface area (Å²) in [6.07, 6.45) is 1.53. The summed E-state index contributed by atoms with van der Waals surface area (Å²) in [6.45, 7) is 6.79. The van der Waals surface area contributed by atoms with Crippen LogP contribution in [-0.4, -0.2) is 64.1 Å². The Kier molecular flexibility index (Phi) is 4.38. The van der Waals surface area contributed by atoms with E-state index in [2.05, 4.69) is 17.3 Å². The molecule has 0 aromatic rings. The zero-order valence-corrected chi connectivity index (χ0v) is 9.58. The molecule has 0 amide bonds. The second kappa shape index (κ2) is 5.80. The lowest BCUT2D eigenvalue weighted by Crippen LogP contribution is -2.42. The molecule has 0 saturated carbocycles. The number of nitrogens with one attached hydrogen (secondary N) is 1. The van der Waals surface area contributed by atoms with Crippen molar-refractivity contribution < 1.29 is 9.47 Å². The van der Waals surface area contributed by atoms with Crippen molar-refractivity contribution in [3.05, 3.63) is 0 Å². The molecule has 0 bridgehead atoms. The standard InChI is InChI=1S/C11H22N2O2/c1-13-4-5-15-11(7-13)9-14-8-10-2-3-12-6-10/h10-12H,2-9H2,1H3. The van der Waals surface area contributed by atoms with Crippen LogP contribution < -0.4 is 5.32 Å². The molecule has 4 nitrogen and oxygen atoms in total. The van der Waals surface area contributed by atoms with Crippen molar-refractivity contribution in [2.24, 2.45) is 5.92 Å². The van der Waals surface area contributed by atoms with E-state index >= 15 is 0 Å². The van der Waals surface area contributed by atoms with E-state index in [9.17, 15) is 0 Å². The second-order valence-corrected chi connectivity index (χ2v) is 4.65. The van der Waals surface area contributed by atoms with Crippen LogP contribution in [0.15, 0.2) is 0 Å². The average molecular weight is 214 g/mol. The number of ether oxygens (including phenoxy) is 2. The topological polar surface area (TPSA) is 33.7 Å². The van der Waals surface area contributed by atoms with Gasteiger partial charge in [0.2, 0.25) is 0 Å². The van der Waals surface area contributed by atoms with Crippen molar-refractivity contribution in [2.45, 2.75) is 12.5 Å². The Labute approximate surface area is 91.9 Å². The van der Waals surface area contributed by atoms with Crippen molar-refractivity contribution >= 4 is 0 Å². The first-order valence-electron chi connectivity index (χ1n) is 5.93. The van der Waals surface area contributed by atoms with Gasteiger partial charge in [-0.3, -0.25) is 0 Å². The zero-order valence-electron chi connectivity index (χ0n) is 9.58. The number of rotatable bonds is 4. The minimum atomic E-state index is 0.276. The minimum absolute atomic E-state index is 0.276. The molecule has 15 heavy (non-hydrogen) atoms. The van der Waals surface area contributed by atoms with E-state index in [0.717, 1.165) is 46.0 Å². The van der Waals surface area contributed by atoms with Crippen LogP contribution in [0.5, 0.6) is 0 Å². The number of likely N-dealkylation sites (N-methyl/N-ethyl adjacent to an activating group) is 1. The van der Waals surface area contributed by atoms with Crippen molar-refractivity contribution in [1.82, 2.24) is 10.2 Å². The Balaban J connectivity index is 1.56. The minimum Gasteiger partial charge on any atom is -0.378 e. The van der Waals surface area contributed by atoms with Crippen molar-refractivity contribution in [3.63, 3.8) is 0 Å². The number of hydrogen-bond donors (Lipinski definition) is 1. The second-order valence-electron chi connectivity index (χ2n) is 4.65. The predicted molar refractivity (Wildman–Crippen MR) is 59.0 cm³/mol. The largest absolute Gasteiger partial charge is 0.378 e. The van der Waals surface area contributed by atoms with Gasteiger partial charge in [0, 0.05) is 19.6 Å². The molecule has 2 aliphatic heterocycles. The summed E-state index contributed by atoms with van der Waals surface area (Å²) in [4.78, 5) is 2.30. The van der Waals surface area contributed by atoms with Gasteiger partial charge in [0.15, 0.2) is 0 Å². The van der Waals surface area contributed by atoms with E-state index in [-0.39, 0.29) is 6.10 Å². The molecule has 2 unspecified atom stereocenters. The van der Waals surface area contributed by atoms with E-state index in [1.807, 2.05) is 0 Å². The maximum absolute atomic E-state index is 5.71. The molecule has 4 heteroatoms. The number of morpholine rings is 1. The highest BCUT2D eigenvalue weighted by Crippen LogP contribution is 2.09. The fourth-order valence-electron chi connectivity index (χ4n) is 2.19. The maximum Gasteiger partial charge on any atom is 0.0935 e. The summed E-state index contributed by atoms with van der Waals surface area (Å²) < 4.78 is 11.3. The Hall–Kier alpha value is -0.160. The van der Waals surface area contributed by atoms with Crippen LogP contribution in [0.4, 0.5) is 0 Å². The highest BCUT2D eigenvalue weighted by Gasteiger charge is 2.19. The molecule has 1 N–H and O–H groups in total. The van der Waals surface area contributed by atoms with E-state index in [0.29, 0.717) is 5.92 Å². The molecule has 2 atom stereocenters. The quantitative estimate of drug-likeness (QED) is 0.711. The van der Waals surface area contributed by atoms with E-state index in [4.69, 9.17) is 9.47 Å². The van der Waals surface area contributed by atoms with Gasteiger partial charge in [-0.1, -0.05) is 0 Å². The van der Waals surface area contributed by atoms with Gasteiger partial charge in [-0.15, -0.1) is 0 Å². The van der Waals surface area contributed by atoms with Crippen LogP contribution in [0, 0.1) is 5.92 Å². The highest BCUT2D eigenvalue weighted by atomic mass is 16.5. The van der Waals surface area contributed by atoms with Crippen LogP contribution in [0.1, 0.15) is 6.42 Å².